The van der Waals surface area contributed by atoms with Crippen molar-refractivity contribution in [2.75, 3.05) is 0 Å². The highest BCUT2D eigenvalue weighted by atomic mass is 32.1. The number of carbonyl (C=O) groups is 1. The lowest BCUT2D eigenvalue weighted by Gasteiger charge is -2.26. The van der Waals surface area contributed by atoms with E-state index in [0.29, 0.717) is 0 Å². The summed E-state index contributed by atoms with van der Waals surface area (Å²) in [6.45, 7) is 5.60. The predicted molar refractivity (Wildman–Crippen MR) is 59.1 cm³/mol. The van der Waals surface area contributed by atoms with E-state index in [1.165, 1.54) is 5.56 Å². The summed E-state index contributed by atoms with van der Waals surface area (Å²) in [7, 11) is 0. The Morgan fingerprint density at radius 2 is 2.29 bits per heavy atom. The van der Waals surface area contributed by atoms with Gasteiger partial charge in [0.25, 0.3) is 0 Å². The van der Waals surface area contributed by atoms with E-state index >= 15 is 0 Å². The van der Waals surface area contributed by atoms with Gasteiger partial charge in [0.05, 0.1) is 5.54 Å². The molecule has 4 heteroatoms. The van der Waals surface area contributed by atoms with Crippen molar-refractivity contribution in [1.29, 1.82) is 0 Å². The summed E-state index contributed by atoms with van der Waals surface area (Å²) in [5.41, 5.74) is 5.79. The Balaban J connectivity index is 2.66. The van der Waals surface area contributed by atoms with Crippen molar-refractivity contribution in [2.24, 2.45) is 5.73 Å². The van der Waals surface area contributed by atoms with Gasteiger partial charge in [-0.05, 0) is 43.2 Å². The molecule has 0 aliphatic carbocycles. The first-order chi connectivity index (χ1) is 6.43. The Hall–Kier alpha value is -0.870. The predicted octanol–water partition coefficient (Wildman–Crippen LogP) is 1.66. The summed E-state index contributed by atoms with van der Waals surface area (Å²) < 4.78 is 0. The van der Waals surface area contributed by atoms with Gasteiger partial charge in [0.1, 0.15) is 0 Å². The summed E-state index contributed by atoms with van der Waals surface area (Å²) in [4.78, 5) is 11.1. The van der Waals surface area contributed by atoms with Crippen LogP contribution in [-0.2, 0) is 4.79 Å². The van der Waals surface area contributed by atoms with Gasteiger partial charge in [-0.3, -0.25) is 10.1 Å². The normalized spacial score (nSPS) is 13.9. The van der Waals surface area contributed by atoms with E-state index in [1.54, 1.807) is 25.2 Å². The first-order valence-corrected chi connectivity index (χ1v) is 5.47. The first kappa shape index (κ1) is 11.2. The van der Waals surface area contributed by atoms with Crippen molar-refractivity contribution >= 4 is 17.2 Å². The Kier molecular flexibility index (Phi) is 3.29. The topological polar surface area (TPSA) is 55.1 Å². The van der Waals surface area contributed by atoms with E-state index in [0.717, 1.165) is 0 Å². The van der Waals surface area contributed by atoms with Gasteiger partial charge in [0.15, 0.2) is 0 Å². The molecule has 0 bridgehead atoms. The van der Waals surface area contributed by atoms with Gasteiger partial charge in [-0.1, -0.05) is 0 Å². The summed E-state index contributed by atoms with van der Waals surface area (Å²) >= 11 is 1.65. The van der Waals surface area contributed by atoms with Crippen molar-refractivity contribution in [3.05, 3.63) is 22.4 Å². The van der Waals surface area contributed by atoms with E-state index in [4.69, 9.17) is 5.73 Å². The molecule has 0 fully saturated rings. The van der Waals surface area contributed by atoms with Crippen molar-refractivity contribution in [3.8, 4) is 0 Å². The smallest absolute Gasteiger partial charge is 0.237 e. The molecule has 1 amide bonds. The van der Waals surface area contributed by atoms with E-state index in [1.807, 2.05) is 18.4 Å². The molecule has 78 valence electrons. The lowest BCUT2D eigenvalue weighted by Crippen LogP contribution is -2.51. The number of rotatable bonds is 4. The lowest BCUT2D eigenvalue weighted by atomic mass is 10.0. The van der Waals surface area contributed by atoms with Crippen molar-refractivity contribution < 1.29 is 4.79 Å². The monoisotopic (exact) mass is 212 g/mol. The average molecular weight is 212 g/mol. The fourth-order valence-corrected chi connectivity index (χ4v) is 1.97. The lowest BCUT2D eigenvalue weighted by molar-refractivity contribution is -0.123. The van der Waals surface area contributed by atoms with Gasteiger partial charge in [-0.2, -0.15) is 11.3 Å². The van der Waals surface area contributed by atoms with Gasteiger partial charge in [0.2, 0.25) is 5.91 Å². The summed E-state index contributed by atoms with van der Waals surface area (Å²) in [6.07, 6.45) is 0. The number of nitrogens with one attached hydrogen (secondary N) is 1. The number of nitrogens with two attached hydrogens (primary N) is 1. The molecule has 0 aromatic carbocycles. The maximum absolute atomic E-state index is 11.1. The second-order valence-electron chi connectivity index (χ2n) is 3.91. The average Bonchev–Trinajstić information content (AvgIpc) is 2.54. The third-order valence-electron chi connectivity index (χ3n) is 2.24. The quantitative estimate of drug-likeness (QED) is 0.797. The van der Waals surface area contributed by atoms with Crippen LogP contribution in [0, 0.1) is 0 Å². The molecule has 0 saturated heterocycles. The number of carbonyl (C=O) groups excluding carboxylic acids is 1. The zero-order valence-electron chi connectivity index (χ0n) is 8.70. The zero-order chi connectivity index (χ0) is 10.8. The van der Waals surface area contributed by atoms with Crippen LogP contribution >= 0.6 is 11.3 Å². The minimum atomic E-state index is -0.665. The summed E-state index contributed by atoms with van der Waals surface area (Å²) in [6, 6.07) is 2.18. The number of hydrogen-bond donors (Lipinski definition) is 2. The minimum Gasteiger partial charge on any atom is -0.368 e. The highest BCUT2D eigenvalue weighted by molar-refractivity contribution is 7.07. The van der Waals surface area contributed by atoms with Crippen LogP contribution in [0.25, 0.3) is 0 Å². The molecule has 0 radical (unpaired) electrons. The van der Waals surface area contributed by atoms with E-state index in [2.05, 4.69) is 10.7 Å². The highest BCUT2D eigenvalue weighted by Gasteiger charge is 2.26. The minimum absolute atomic E-state index is 0.142. The third kappa shape index (κ3) is 2.56. The van der Waals surface area contributed by atoms with Crippen LogP contribution in [0.15, 0.2) is 16.8 Å². The largest absolute Gasteiger partial charge is 0.368 e. The number of amides is 1. The molecule has 1 aromatic rings. The molecule has 1 unspecified atom stereocenters. The third-order valence-corrected chi connectivity index (χ3v) is 2.94. The molecule has 0 aliphatic heterocycles. The first-order valence-electron chi connectivity index (χ1n) is 4.53. The highest BCUT2D eigenvalue weighted by Crippen LogP contribution is 2.18. The zero-order valence-corrected chi connectivity index (χ0v) is 9.52. The summed E-state index contributed by atoms with van der Waals surface area (Å²) in [5.74, 6) is -0.334. The molecule has 0 aliphatic rings. The molecular weight excluding hydrogens is 196 g/mol. The SMILES string of the molecule is CC(NC(C)(C)C(N)=O)c1ccsc1. The van der Waals surface area contributed by atoms with Crippen molar-refractivity contribution in [2.45, 2.75) is 32.4 Å². The van der Waals surface area contributed by atoms with Gasteiger partial charge < -0.3 is 5.73 Å². The number of hydrogen-bond acceptors (Lipinski definition) is 3. The number of thiophene rings is 1. The Bertz CT molecular complexity index is 306. The molecule has 1 atom stereocenters. The van der Waals surface area contributed by atoms with E-state index in [9.17, 15) is 4.79 Å². The van der Waals surface area contributed by atoms with Gasteiger partial charge >= 0.3 is 0 Å². The van der Waals surface area contributed by atoms with Crippen LogP contribution in [0.2, 0.25) is 0 Å². The molecule has 1 rings (SSSR count). The van der Waals surface area contributed by atoms with Crippen LogP contribution in [0.3, 0.4) is 0 Å². The Morgan fingerprint density at radius 1 is 1.64 bits per heavy atom. The second-order valence-corrected chi connectivity index (χ2v) is 4.69. The van der Waals surface area contributed by atoms with E-state index in [-0.39, 0.29) is 11.9 Å². The van der Waals surface area contributed by atoms with Crippen LogP contribution in [0.5, 0.6) is 0 Å². The summed E-state index contributed by atoms with van der Waals surface area (Å²) in [5, 5.41) is 7.27. The van der Waals surface area contributed by atoms with Gasteiger partial charge in [-0.15, -0.1) is 0 Å². The van der Waals surface area contributed by atoms with Crippen LogP contribution in [-0.4, -0.2) is 11.4 Å². The molecule has 14 heavy (non-hydrogen) atoms. The molecule has 0 saturated carbocycles. The number of primary amides is 1. The molecule has 3 nitrogen and oxygen atoms in total. The molecular formula is C10H16N2OS. The molecule has 1 heterocycles. The fourth-order valence-electron chi connectivity index (χ4n) is 1.22. The molecule has 3 N–H and O–H groups in total. The van der Waals surface area contributed by atoms with E-state index < -0.39 is 5.54 Å². The Morgan fingerprint density at radius 3 is 2.71 bits per heavy atom. The molecule has 1 aromatic heterocycles. The van der Waals surface area contributed by atoms with Crippen molar-refractivity contribution in [1.82, 2.24) is 5.32 Å². The van der Waals surface area contributed by atoms with Crippen LogP contribution in [0.4, 0.5) is 0 Å². The van der Waals surface area contributed by atoms with Crippen molar-refractivity contribution in [3.63, 3.8) is 0 Å². The van der Waals surface area contributed by atoms with Gasteiger partial charge in [0, 0.05) is 6.04 Å². The maximum Gasteiger partial charge on any atom is 0.237 e. The van der Waals surface area contributed by atoms with Gasteiger partial charge in [-0.25, -0.2) is 0 Å². The van der Waals surface area contributed by atoms with Crippen LogP contribution in [0.1, 0.15) is 32.4 Å². The molecule has 0 spiro atoms. The van der Waals surface area contributed by atoms with Crippen LogP contribution < -0.4 is 11.1 Å². The Labute approximate surface area is 88.3 Å². The maximum atomic E-state index is 11.1. The second kappa shape index (κ2) is 4.11. The fraction of sp³-hybridized carbons (Fsp3) is 0.500. The standard InChI is InChI=1S/C10H16N2OS/c1-7(8-4-5-14-6-8)12-10(2,3)9(11)13/h4-7,12H,1-3H3,(H2,11,13).